The average molecular weight is 265 g/mol. The number of allylic oxidation sites excluding steroid dienone is 1. The van der Waals surface area contributed by atoms with Gasteiger partial charge in [0.2, 0.25) is 0 Å². The molecule has 0 radical (unpaired) electrons. The van der Waals surface area contributed by atoms with Gasteiger partial charge >= 0.3 is 0 Å². The van der Waals surface area contributed by atoms with Gasteiger partial charge in [-0.3, -0.25) is 10.1 Å². The molecule has 0 aromatic heterocycles. The zero-order valence-electron chi connectivity index (χ0n) is 11.6. The second kappa shape index (κ2) is 5.84. The molecule has 104 valence electrons. The van der Waals surface area contributed by atoms with E-state index in [1.165, 1.54) is 6.07 Å². The molecule has 0 aliphatic carbocycles. The largest absolute Gasteiger partial charge is 0.494 e. The van der Waals surface area contributed by atoms with Gasteiger partial charge in [-0.15, -0.1) is 0 Å². The van der Waals surface area contributed by atoms with Crippen molar-refractivity contribution in [1.29, 1.82) is 0 Å². The molecule has 0 spiro atoms. The molecule has 5 nitrogen and oxygen atoms in total. The van der Waals surface area contributed by atoms with E-state index in [2.05, 4.69) is 0 Å². The highest BCUT2D eigenvalue weighted by atomic mass is 16.6. The van der Waals surface area contributed by atoms with Crippen molar-refractivity contribution in [2.24, 2.45) is 0 Å². The first kappa shape index (κ1) is 15.2. The van der Waals surface area contributed by atoms with Gasteiger partial charge in [-0.2, -0.15) is 0 Å². The summed E-state index contributed by atoms with van der Waals surface area (Å²) in [4.78, 5) is 10.6. The lowest BCUT2D eigenvalue weighted by Crippen LogP contribution is -2.14. The first-order chi connectivity index (χ1) is 8.74. The summed E-state index contributed by atoms with van der Waals surface area (Å²) in [6.07, 6.45) is 1.59. The van der Waals surface area contributed by atoms with E-state index in [4.69, 9.17) is 4.74 Å². The number of hydrogen-bond donors (Lipinski definition) is 1. The number of benzene rings is 1. The molecule has 1 rings (SSSR count). The number of nitro groups is 1. The van der Waals surface area contributed by atoms with Crippen LogP contribution in [0.5, 0.6) is 5.75 Å². The maximum atomic E-state index is 11.0. The van der Waals surface area contributed by atoms with Crippen LogP contribution in [0, 0.1) is 10.1 Å². The van der Waals surface area contributed by atoms with Crippen molar-refractivity contribution in [3.8, 4) is 5.75 Å². The van der Waals surface area contributed by atoms with Crippen LogP contribution in [0.15, 0.2) is 24.3 Å². The van der Waals surface area contributed by atoms with E-state index < -0.39 is 10.5 Å². The summed E-state index contributed by atoms with van der Waals surface area (Å²) in [6, 6.07) is 4.61. The maximum Gasteiger partial charge on any atom is 0.277 e. The van der Waals surface area contributed by atoms with Gasteiger partial charge in [-0.25, -0.2) is 0 Å². The smallest absolute Gasteiger partial charge is 0.277 e. The molecule has 0 bridgehead atoms. The Kier molecular flexibility index (Phi) is 4.67. The van der Waals surface area contributed by atoms with Gasteiger partial charge in [-0.1, -0.05) is 0 Å². The molecule has 0 aliphatic rings. The first-order valence-corrected chi connectivity index (χ1v) is 6.08. The minimum absolute atomic E-state index is 0.00135. The van der Waals surface area contributed by atoms with Crippen molar-refractivity contribution in [3.63, 3.8) is 0 Å². The van der Waals surface area contributed by atoms with Gasteiger partial charge in [0, 0.05) is 6.07 Å². The van der Waals surface area contributed by atoms with Gasteiger partial charge < -0.3 is 9.84 Å². The molecule has 0 aliphatic heterocycles. The molecule has 0 amide bonds. The quantitative estimate of drug-likeness (QED) is 0.655. The van der Waals surface area contributed by atoms with Gasteiger partial charge in [-0.05, 0) is 51.5 Å². The molecular formula is C14H19NO4. The summed E-state index contributed by atoms with van der Waals surface area (Å²) >= 11 is 0. The predicted molar refractivity (Wildman–Crippen MR) is 74.2 cm³/mol. The number of rotatable bonds is 5. The second-order valence-electron chi connectivity index (χ2n) is 4.85. The third-order valence-corrected chi connectivity index (χ3v) is 2.47. The van der Waals surface area contributed by atoms with Gasteiger partial charge in [0.1, 0.15) is 5.75 Å². The highest BCUT2D eigenvalue weighted by Gasteiger charge is 2.18. The molecule has 1 aromatic carbocycles. The van der Waals surface area contributed by atoms with Crippen LogP contribution >= 0.6 is 0 Å². The van der Waals surface area contributed by atoms with Crippen LogP contribution < -0.4 is 4.74 Å². The Hall–Kier alpha value is -1.88. The summed E-state index contributed by atoms with van der Waals surface area (Å²) in [5.74, 6) is 0.576. The molecule has 1 aromatic rings. The monoisotopic (exact) mass is 265 g/mol. The highest BCUT2D eigenvalue weighted by Crippen LogP contribution is 2.31. The van der Waals surface area contributed by atoms with Crippen LogP contribution in [0.1, 0.15) is 33.3 Å². The second-order valence-corrected chi connectivity index (χ2v) is 4.85. The van der Waals surface area contributed by atoms with Crippen LogP contribution in [0.2, 0.25) is 0 Å². The predicted octanol–water partition coefficient (Wildman–Crippen LogP) is 3.17. The SMILES string of the molecule is CCOc1ccc([N+](=O)[O-])c(C(C)=CC(C)(C)O)c1. The van der Waals surface area contributed by atoms with Crippen LogP contribution in [-0.4, -0.2) is 22.2 Å². The van der Waals surface area contributed by atoms with Crippen molar-refractivity contribution in [2.45, 2.75) is 33.3 Å². The molecule has 1 N–H and O–H groups in total. The summed E-state index contributed by atoms with van der Waals surface area (Å²) in [6.45, 7) is 7.31. The average Bonchev–Trinajstić information content (AvgIpc) is 2.26. The Labute approximate surface area is 112 Å². The fourth-order valence-corrected chi connectivity index (χ4v) is 1.85. The summed E-state index contributed by atoms with van der Waals surface area (Å²) in [5.41, 5.74) is 0.0693. The Bertz CT molecular complexity index is 501. The van der Waals surface area contributed by atoms with Crippen LogP contribution in [0.3, 0.4) is 0 Å². The third-order valence-electron chi connectivity index (χ3n) is 2.47. The molecule has 0 saturated heterocycles. The normalized spacial score (nSPS) is 12.4. The minimum atomic E-state index is -1.03. The number of ether oxygens (including phenoxy) is 1. The van der Waals surface area contributed by atoms with E-state index in [9.17, 15) is 15.2 Å². The summed E-state index contributed by atoms with van der Waals surface area (Å²) in [5, 5.41) is 20.8. The van der Waals surface area contributed by atoms with Gasteiger partial charge in [0.25, 0.3) is 5.69 Å². The molecule has 5 heteroatoms. The number of nitro benzene ring substituents is 1. The summed E-state index contributed by atoms with van der Waals surface area (Å²) < 4.78 is 5.35. The van der Waals surface area contributed by atoms with E-state index in [0.29, 0.717) is 23.5 Å². The van der Waals surface area contributed by atoms with E-state index in [0.717, 1.165) is 0 Å². The standard InChI is InChI=1S/C14H19NO4/c1-5-19-11-6-7-13(15(17)18)12(8-11)10(2)9-14(3,4)16/h6-9,16H,5H2,1-4H3. The zero-order chi connectivity index (χ0) is 14.6. The molecule has 0 heterocycles. The van der Waals surface area contributed by atoms with Crippen LogP contribution in [0.25, 0.3) is 5.57 Å². The zero-order valence-corrected chi connectivity index (χ0v) is 11.6. The number of hydrogen-bond acceptors (Lipinski definition) is 4. The van der Waals surface area contributed by atoms with E-state index >= 15 is 0 Å². The Morgan fingerprint density at radius 3 is 2.63 bits per heavy atom. The van der Waals surface area contributed by atoms with Crippen molar-refractivity contribution in [1.82, 2.24) is 0 Å². The minimum Gasteiger partial charge on any atom is -0.494 e. The topological polar surface area (TPSA) is 72.6 Å². The first-order valence-electron chi connectivity index (χ1n) is 6.08. The fraction of sp³-hybridized carbons (Fsp3) is 0.429. The summed E-state index contributed by atoms with van der Waals surface area (Å²) in [7, 11) is 0. The molecule has 19 heavy (non-hydrogen) atoms. The molecule has 0 unspecified atom stereocenters. The Morgan fingerprint density at radius 2 is 2.16 bits per heavy atom. The molecular weight excluding hydrogens is 246 g/mol. The number of nitrogens with zero attached hydrogens (tertiary/aromatic N) is 1. The van der Waals surface area contributed by atoms with E-state index in [1.807, 2.05) is 6.92 Å². The lowest BCUT2D eigenvalue weighted by Gasteiger charge is -2.14. The van der Waals surface area contributed by atoms with Crippen molar-refractivity contribution in [2.75, 3.05) is 6.61 Å². The molecule has 0 fully saturated rings. The highest BCUT2D eigenvalue weighted by molar-refractivity contribution is 5.73. The van der Waals surface area contributed by atoms with E-state index in [1.54, 1.807) is 39.0 Å². The Morgan fingerprint density at radius 1 is 1.53 bits per heavy atom. The maximum absolute atomic E-state index is 11.0. The van der Waals surface area contributed by atoms with E-state index in [-0.39, 0.29) is 5.69 Å². The number of aliphatic hydroxyl groups is 1. The third kappa shape index (κ3) is 4.37. The van der Waals surface area contributed by atoms with Gasteiger partial charge in [0.15, 0.2) is 0 Å². The lowest BCUT2D eigenvalue weighted by molar-refractivity contribution is -0.385. The van der Waals surface area contributed by atoms with Crippen molar-refractivity contribution < 1.29 is 14.8 Å². The van der Waals surface area contributed by atoms with Crippen molar-refractivity contribution >= 4 is 11.3 Å². The van der Waals surface area contributed by atoms with Crippen LogP contribution in [0.4, 0.5) is 5.69 Å². The van der Waals surface area contributed by atoms with Gasteiger partial charge in [0.05, 0.1) is 22.7 Å². The van der Waals surface area contributed by atoms with Crippen molar-refractivity contribution in [3.05, 3.63) is 40.0 Å². The Balaban J connectivity index is 3.32. The fourth-order valence-electron chi connectivity index (χ4n) is 1.85. The molecule has 0 saturated carbocycles. The van der Waals surface area contributed by atoms with Crippen LogP contribution in [-0.2, 0) is 0 Å². The lowest BCUT2D eigenvalue weighted by atomic mass is 9.99. The molecule has 0 atom stereocenters.